The quantitative estimate of drug-likeness (QED) is 0.733. The highest BCUT2D eigenvalue weighted by atomic mass is 16.5. The maximum absolute atomic E-state index is 12.8. The summed E-state index contributed by atoms with van der Waals surface area (Å²) in [5.41, 5.74) is 2.87. The first-order chi connectivity index (χ1) is 12.3. The number of nitrogens with zero attached hydrogens (tertiary/aromatic N) is 2. The highest BCUT2D eigenvalue weighted by Crippen LogP contribution is 2.23. The van der Waals surface area contributed by atoms with E-state index in [2.05, 4.69) is 0 Å². The summed E-state index contributed by atoms with van der Waals surface area (Å²) >= 11 is 0. The van der Waals surface area contributed by atoms with E-state index in [-0.39, 0.29) is 12.0 Å². The van der Waals surface area contributed by atoms with Gasteiger partial charge in [0.1, 0.15) is 6.10 Å². The summed E-state index contributed by atoms with van der Waals surface area (Å²) < 4.78 is 7.87. The maximum atomic E-state index is 12.8. The molecule has 126 valence electrons. The van der Waals surface area contributed by atoms with Crippen LogP contribution in [0.4, 0.5) is 0 Å². The Morgan fingerprint density at radius 2 is 1.64 bits per heavy atom. The highest BCUT2D eigenvalue weighted by Gasteiger charge is 2.26. The topological polar surface area (TPSA) is 34.5 Å². The molecule has 2 aromatic carbocycles. The van der Waals surface area contributed by atoms with E-state index in [1.807, 2.05) is 88.6 Å². The van der Waals surface area contributed by atoms with Crippen LogP contribution in [-0.4, -0.2) is 35.1 Å². The lowest BCUT2D eigenvalue weighted by Crippen LogP contribution is -2.42. The van der Waals surface area contributed by atoms with E-state index in [1.54, 1.807) is 0 Å². The van der Waals surface area contributed by atoms with Crippen molar-refractivity contribution < 1.29 is 9.53 Å². The van der Waals surface area contributed by atoms with Crippen LogP contribution >= 0.6 is 0 Å². The molecule has 1 aromatic heterocycles. The van der Waals surface area contributed by atoms with Crippen molar-refractivity contribution in [2.75, 3.05) is 19.7 Å². The van der Waals surface area contributed by atoms with E-state index >= 15 is 0 Å². The maximum Gasteiger partial charge on any atom is 0.254 e. The Labute approximate surface area is 147 Å². The van der Waals surface area contributed by atoms with Crippen LogP contribution in [0, 0.1) is 0 Å². The molecule has 1 aliphatic heterocycles. The van der Waals surface area contributed by atoms with Gasteiger partial charge in [0.15, 0.2) is 0 Å². The number of hydrogen-bond acceptors (Lipinski definition) is 2. The number of benzene rings is 2. The molecule has 4 nitrogen and oxygen atoms in total. The minimum absolute atomic E-state index is 0.0574. The van der Waals surface area contributed by atoms with Crippen molar-refractivity contribution in [2.24, 2.45) is 0 Å². The summed E-state index contributed by atoms with van der Waals surface area (Å²) in [6.07, 6.45) is 3.92. The van der Waals surface area contributed by atoms with Crippen LogP contribution in [-0.2, 0) is 4.74 Å². The van der Waals surface area contributed by atoms with Crippen molar-refractivity contribution >= 4 is 5.91 Å². The van der Waals surface area contributed by atoms with Gasteiger partial charge in [-0.25, -0.2) is 0 Å². The van der Waals surface area contributed by atoms with Gasteiger partial charge in [0.2, 0.25) is 0 Å². The monoisotopic (exact) mass is 332 g/mol. The van der Waals surface area contributed by atoms with Crippen LogP contribution in [0.3, 0.4) is 0 Å². The lowest BCUT2D eigenvalue weighted by Gasteiger charge is -2.33. The molecular weight excluding hydrogens is 312 g/mol. The molecular formula is C21H20N2O2. The molecule has 4 heteroatoms. The predicted molar refractivity (Wildman–Crippen MR) is 96.8 cm³/mol. The van der Waals surface area contributed by atoms with E-state index in [9.17, 15) is 4.79 Å². The van der Waals surface area contributed by atoms with Crippen molar-refractivity contribution in [3.8, 4) is 5.69 Å². The average molecular weight is 332 g/mol. The molecule has 0 radical (unpaired) electrons. The number of carbonyl (C=O) groups is 1. The number of aromatic nitrogens is 1. The number of amides is 1. The lowest BCUT2D eigenvalue weighted by molar-refractivity contribution is -0.0228. The van der Waals surface area contributed by atoms with E-state index in [1.165, 1.54) is 0 Å². The Morgan fingerprint density at radius 3 is 2.36 bits per heavy atom. The largest absolute Gasteiger partial charge is 0.370 e. The van der Waals surface area contributed by atoms with Crippen molar-refractivity contribution in [2.45, 2.75) is 6.10 Å². The zero-order valence-electron chi connectivity index (χ0n) is 13.9. The first-order valence-corrected chi connectivity index (χ1v) is 8.50. The molecule has 2 heterocycles. The summed E-state index contributed by atoms with van der Waals surface area (Å²) in [4.78, 5) is 14.7. The van der Waals surface area contributed by atoms with Gasteiger partial charge in [-0.15, -0.1) is 0 Å². The first kappa shape index (κ1) is 15.7. The van der Waals surface area contributed by atoms with E-state index in [4.69, 9.17) is 4.74 Å². The fourth-order valence-corrected chi connectivity index (χ4v) is 3.17. The number of hydrogen-bond donors (Lipinski definition) is 0. The molecule has 0 N–H and O–H groups in total. The second kappa shape index (κ2) is 6.95. The van der Waals surface area contributed by atoms with Gasteiger partial charge in [-0.2, -0.15) is 0 Å². The second-order valence-corrected chi connectivity index (χ2v) is 6.16. The molecule has 1 amide bonds. The summed E-state index contributed by atoms with van der Waals surface area (Å²) in [6, 6.07) is 21.8. The molecule has 4 rings (SSSR count). The van der Waals surface area contributed by atoms with Gasteiger partial charge in [0, 0.05) is 30.2 Å². The van der Waals surface area contributed by atoms with E-state index in [0.717, 1.165) is 11.3 Å². The van der Waals surface area contributed by atoms with E-state index in [0.29, 0.717) is 25.3 Å². The van der Waals surface area contributed by atoms with Gasteiger partial charge in [-0.1, -0.05) is 30.3 Å². The summed E-state index contributed by atoms with van der Waals surface area (Å²) in [6.45, 7) is 1.77. The third-order valence-electron chi connectivity index (χ3n) is 4.54. The van der Waals surface area contributed by atoms with Crippen LogP contribution in [0.5, 0.6) is 0 Å². The Bertz CT molecular complexity index is 826. The smallest absolute Gasteiger partial charge is 0.254 e. The standard InChI is InChI=1S/C21H20N2O2/c24-21(18-8-10-19(11-9-18)22-12-4-5-13-22)23-14-15-25-20(16-23)17-6-2-1-3-7-17/h1-13,20H,14-16H2/t20-/m1/s1. The van der Waals surface area contributed by atoms with Gasteiger partial charge in [0.25, 0.3) is 5.91 Å². The van der Waals surface area contributed by atoms with Gasteiger partial charge >= 0.3 is 0 Å². The average Bonchev–Trinajstić information content (AvgIpc) is 3.23. The number of ether oxygens (including phenoxy) is 1. The van der Waals surface area contributed by atoms with Crippen molar-refractivity contribution in [1.82, 2.24) is 9.47 Å². The predicted octanol–water partition coefficient (Wildman–Crippen LogP) is 3.69. The van der Waals surface area contributed by atoms with Crippen LogP contribution in [0.25, 0.3) is 5.69 Å². The van der Waals surface area contributed by atoms with Crippen molar-refractivity contribution in [1.29, 1.82) is 0 Å². The first-order valence-electron chi connectivity index (χ1n) is 8.50. The van der Waals surface area contributed by atoms with Crippen LogP contribution in [0.1, 0.15) is 22.0 Å². The summed E-state index contributed by atoms with van der Waals surface area (Å²) in [5.74, 6) is 0.0586. The fourth-order valence-electron chi connectivity index (χ4n) is 3.17. The second-order valence-electron chi connectivity index (χ2n) is 6.16. The molecule has 1 fully saturated rings. The van der Waals surface area contributed by atoms with Crippen LogP contribution in [0.15, 0.2) is 79.1 Å². The molecule has 0 spiro atoms. The Morgan fingerprint density at radius 1 is 0.920 bits per heavy atom. The Kier molecular flexibility index (Phi) is 4.36. The van der Waals surface area contributed by atoms with Crippen molar-refractivity contribution in [3.05, 3.63) is 90.3 Å². The van der Waals surface area contributed by atoms with Gasteiger partial charge in [-0.3, -0.25) is 4.79 Å². The highest BCUT2D eigenvalue weighted by molar-refractivity contribution is 5.94. The third-order valence-corrected chi connectivity index (χ3v) is 4.54. The normalized spacial score (nSPS) is 17.4. The zero-order valence-corrected chi connectivity index (χ0v) is 13.9. The molecule has 0 saturated carbocycles. The molecule has 0 bridgehead atoms. The zero-order chi connectivity index (χ0) is 17.1. The Balaban J connectivity index is 1.48. The van der Waals surface area contributed by atoms with Crippen LogP contribution < -0.4 is 0 Å². The molecule has 0 unspecified atom stereocenters. The minimum Gasteiger partial charge on any atom is -0.370 e. The van der Waals surface area contributed by atoms with E-state index < -0.39 is 0 Å². The fraction of sp³-hybridized carbons (Fsp3) is 0.190. The molecule has 1 aliphatic rings. The van der Waals surface area contributed by atoms with Crippen LogP contribution in [0.2, 0.25) is 0 Å². The number of rotatable bonds is 3. The molecule has 3 aromatic rings. The molecule has 25 heavy (non-hydrogen) atoms. The molecule has 1 saturated heterocycles. The number of carbonyl (C=O) groups excluding carboxylic acids is 1. The molecule has 0 aliphatic carbocycles. The van der Waals surface area contributed by atoms with Gasteiger partial charge < -0.3 is 14.2 Å². The van der Waals surface area contributed by atoms with Crippen molar-refractivity contribution in [3.63, 3.8) is 0 Å². The summed E-state index contributed by atoms with van der Waals surface area (Å²) in [5, 5.41) is 0. The lowest BCUT2D eigenvalue weighted by atomic mass is 10.1. The summed E-state index contributed by atoms with van der Waals surface area (Å²) in [7, 11) is 0. The molecule has 1 atom stereocenters. The SMILES string of the molecule is O=C(c1ccc(-n2cccc2)cc1)N1CCO[C@@H](c2ccccc2)C1. The Hall–Kier alpha value is -2.85. The number of morpholine rings is 1. The third kappa shape index (κ3) is 3.35. The van der Waals surface area contributed by atoms with Gasteiger partial charge in [-0.05, 0) is 42.0 Å². The van der Waals surface area contributed by atoms with Gasteiger partial charge in [0.05, 0.1) is 13.2 Å². The minimum atomic E-state index is -0.0574.